The third kappa shape index (κ3) is 2.93. The van der Waals surface area contributed by atoms with Gasteiger partial charge < -0.3 is 14.6 Å². The summed E-state index contributed by atoms with van der Waals surface area (Å²) in [5.41, 5.74) is 0.645. The van der Waals surface area contributed by atoms with Crippen molar-refractivity contribution in [2.24, 2.45) is 0 Å². The number of nitrogens with one attached hydrogen (secondary N) is 1. The molecule has 0 saturated heterocycles. The quantitative estimate of drug-likeness (QED) is 0.891. The Morgan fingerprint density at radius 1 is 1.44 bits per heavy atom. The first-order chi connectivity index (χ1) is 8.72. The van der Waals surface area contributed by atoms with E-state index in [0.717, 1.165) is 32.2 Å². The number of carbonyl (C=O) groups excluding carboxylic acids is 1. The lowest BCUT2D eigenvalue weighted by Crippen LogP contribution is -2.43. The van der Waals surface area contributed by atoms with Gasteiger partial charge in [-0.1, -0.05) is 6.92 Å². The molecule has 2 rings (SSSR count). The molecule has 0 radical (unpaired) electrons. The molecule has 0 unspecified atom stereocenters. The van der Waals surface area contributed by atoms with Gasteiger partial charge in [-0.25, -0.2) is 0 Å². The van der Waals surface area contributed by atoms with Gasteiger partial charge in [0.1, 0.15) is 6.26 Å². The largest absolute Gasteiger partial charge is 0.472 e. The first-order valence-electron chi connectivity index (χ1n) is 6.75. The predicted octanol–water partition coefficient (Wildman–Crippen LogP) is 2.27. The number of nitrogens with zero attached hydrogens (tertiary/aromatic N) is 1. The average molecular weight is 250 g/mol. The molecule has 4 heteroatoms. The summed E-state index contributed by atoms with van der Waals surface area (Å²) in [6, 6.07) is 2.72. The first kappa shape index (κ1) is 13.1. The van der Waals surface area contributed by atoms with E-state index in [1.807, 2.05) is 11.9 Å². The highest BCUT2D eigenvalue weighted by Crippen LogP contribution is 2.23. The molecule has 1 fully saturated rings. The van der Waals surface area contributed by atoms with Crippen LogP contribution < -0.4 is 5.32 Å². The topological polar surface area (TPSA) is 45.5 Å². The molecule has 1 N–H and O–H groups in total. The average Bonchev–Trinajstić information content (AvgIpc) is 2.92. The minimum absolute atomic E-state index is 0.0654. The standard InChI is InChI=1S/C14H22N2O2/c1-3-15-12-4-6-13(7-5-12)16(2)14(17)11-8-9-18-10-11/h8-10,12-13,15H,3-7H2,1-2H3. The van der Waals surface area contributed by atoms with Crippen molar-refractivity contribution in [2.45, 2.75) is 44.7 Å². The zero-order valence-electron chi connectivity index (χ0n) is 11.2. The Morgan fingerprint density at radius 2 is 2.17 bits per heavy atom. The molecule has 1 aliphatic carbocycles. The second kappa shape index (κ2) is 6.05. The highest BCUT2D eigenvalue weighted by molar-refractivity contribution is 5.93. The summed E-state index contributed by atoms with van der Waals surface area (Å²) < 4.78 is 4.96. The predicted molar refractivity (Wildman–Crippen MR) is 70.5 cm³/mol. The normalized spacial score (nSPS) is 23.9. The van der Waals surface area contributed by atoms with Crippen molar-refractivity contribution in [1.29, 1.82) is 0 Å². The first-order valence-corrected chi connectivity index (χ1v) is 6.75. The van der Waals surface area contributed by atoms with E-state index in [2.05, 4.69) is 12.2 Å². The lowest BCUT2D eigenvalue weighted by Gasteiger charge is -2.34. The number of hydrogen-bond donors (Lipinski definition) is 1. The van der Waals surface area contributed by atoms with Crippen LogP contribution in [-0.2, 0) is 0 Å². The number of rotatable bonds is 4. The van der Waals surface area contributed by atoms with Gasteiger partial charge in [0.05, 0.1) is 11.8 Å². The van der Waals surface area contributed by atoms with Gasteiger partial charge in [0.25, 0.3) is 5.91 Å². The smallest absolute Gasteiger partial charge is 0.257 e. The van der Waals surface area contributed by atoms with E-state index in [0.29, 0.717) is 17.6 Å². The fraction of sp³-hybridized carbons (Fsp3) is 0.643. The van der Waals surface area contributed by atoms with Crippen LogP contribution in [0.5, 0.6) is 0 Å². The summed E-state index contributed by atoms with van der Waals surface area (Å²) in [5.74, 6) is 0.0654. The lowest BCUT2D eigenvalue weighted by atomic mass is 9.90. The van der Waals surface area contributed by atoms with E-state index in [1.54, 1.807) is 12.3 Å². The summed E-state index contributed by atoms with van der Waals surface area (Å²) in [4.78, 5) is 14.0. The Bertz CT molecular complexity index is 367. The minimum Gasteiger partial charge on any atom is -0.472 e. The molecular weight excluding hydrogens is 228 g/mol. The van der Waals surface area contributed by atoms with E-state index in [9.17, 15) is 4.79 Å². The highest BCUT2D eigenvalue weighted by atomic mass is 16.3. The van der Waals surface area contributed by atoms with E-state index in [-0.39, 0.29) is 5.91 Å². The molecule has 0 bridgehead atoms. The molecule has 100 valence electrons. The molecule has 18 heavy (non-hydrogen) atoms. The van der Waals surface area contributed by atoms with Crippen molar-refractivity contribution >= 4 is 5.91 Å². The summed E-state index contributed by atoms with van der Waals surface area (Å²) in [5, 5.41) is 3.48. The van der Waals surface area contributed by atoms with E-state index >= 15 is 0 Å². The highest BCUT2D eigenvalue weighted by Gasteiger charge is 2.26. The molecule has 1 aromatic heterocycles. The maximum Gasteiger partial charge on any atom is 0.257 e. The summed E-state index contributed by atoms with van der Waals surface area (Å²) >= 11 is 0. The van der Waals surface area contributed by atoms with Gasteiger partial charge in [-0.3, -0.25) is 4.79 Å². The molecular formula is C14H22N2O2. The minimum atomic E-state index is 0.0654. The molecule has 1 amide bonds. The van der Waals surface area contributed by atoms with Crippen LogP contribution in [0.2, 0.25) is 0 Å². The molecule has 0 aliphatic heterocycles. The second-order valence-corrected chi connectivity index (χ2v) is 4.99. The number of carbonyl (C=O) groups is 1. The molecule has 0 atom stereocenters. The van der Waals surface area contributed by atoms with Gasteiger partial charge in [-0.05, 0) is 38.3 Å². The molecule has 0 spiro atoms. The van der Waals surface area contributed by atoms with Gasteiger partial charge >= 0.3 is 0 Å². The summed E-state index contributed by atoms with van der Waals surface area (Å²) in [6.45, 7) is 3.17. The molecule has 1 heterocycles. The van der Waals surface area contributed by atoms with Gasteiger partial charge in [0.15, 0.2) is 0 Å². The fourth-order valence-electron chi connectivity index (χ4n) is 2.71. The van der Waals surface area contributed by atoms with E-state index < -0.39 is 0 Å². The third-order valence-corrected chi connectivity index (χ3v) is 3.83. The van der Waals surface area contributed by atoms with Crippen LogP contribution >= 0.6 is 0 Å². The van der Waals surface area contributed by atoms with Gasteiger partial charge in [0, 0.05) is 19.1 Å². The van der Waals surface area contributed by atoms with Crippen LogP contribution in [0.15, 0.2) is 23.0 Å². The van der Waals surface area contributed by atoms with Crippen molar-refractivity contribution in [3.8, 4) is 0 Å². The SMILES string of the molecule is CCNC1CCC(N(C)C(=O)c2ccoc2)CC1. The van der Waals surface area contributed by atoms with Crippen molar-refractivity contribution in [1.82, 2.24) is 10.2 Å². The Morgan fingerprint density at radius 3 is 2.72 bits per heavy atom. The van der Waals surface area contributed by atoms with E-state index in [4.69, 9.17) is 4.42 Å². The van der Waals surface area contributed by atoms with Gasteiger partial charge in [-0.15, -0.1) is 0 Å². The number of amides is 1. The van der Waals surface area contributed by atoms with E-state index in [1.165, 1.54) is 6.26 Å². The maximum atomic E-state index is 12.2. The van der Waals surface area contributed by atoms with Crippen LogP contribution in [0.1, 0.15) is 43.0 Å². The molecule has 4 nitrogen and oxygen atoms in total. The zero-order chi connectivity index (χ0) is 13.0. The second-order valence-electron chi connectivity index (χ2n) is 4.99. The van der Waals surface area contributed by atoms with Crippen LogP contribution in [0.4, 0.5) is 0 Å². The Balaban J connectivity index is 1.87. The zero-order valence-corrected chi connectivity index (χ0v) is 11.2. The van der Waals surface area contributed by atoms with Crippen LogP contribution in [0.25, 0.3) is 0 Å². The summed E-state index contributed by atoms with van der Waals surface area (Å²) in [6.07, 6.45) is 7.53. The van der Waals surface area contributed by atoms with Crippen LogP contribution in [-0.4, -0.2) is 36.5 Å². The Labute approximate surface area is 108 Å². The number of hydrogen-bond acceptors (Lipinski definition) is 3. The summed E-state index contributed by atoms with van der Waals surface area (Å²) in [7, 11) is 1.90. The van der Waals surface area contributed by atoms with Gasteiger partial charge in [-0.2, -0.15) is 0 Å². The Hall–Kier alpha value is -1.29. The lowest BCUT2D eigenvalue weighted by molar-refractivity contribution is 0.0684. The van der Waals surface area contributed by atoms with Crippen LogP contribution in [0.3, 0.4) is 0 Å². The molecule has 1 saturated carbocycles. The maximum absolute atomic E-state index is 12.2. The van der Waals surface area contributed by atoms with Crippen molar-refractivity contribution in [3.63, 3.8) is 0 Å². The van der Waals surface area contributed by atoms with Crippen molar-refractivity contribution in [2.75, 3.05) is 13.6 Å². The van der Waals surface area contributed by atoms with Crippen molar-refractivity contribution in [3.05, 3.63) is 24.2 Å². The molecule has 1 aliphatic rings. The third-order valence-electron chi connectivity index (χ3n) is 3.83. The van der Waals surface area contributed by atoms with Gasteiger partial charge in [0.2, 0.25) is 0 Å². The fourth-order valence-corrected chi connectivity index (χ4v) is 2.71. The monoisotopic (exact) mass is 250 g/mol. The van der Waals surface area contributed by atoms with Crippen LogP contribution in [0, 0.1) is 0 Å². The molecule has 0 aromatic carbocycles. The molecule has 1 aromatic rings. The number of furan rings is 1. The Kier molecular flexibility index (Phi) is 4.42. The van der Waals surface area contributed by atoms with Crippen molar-refractivity contribution < 1.29 is 9.21 Å².